The molecule has 4 aromatic rings. The molecule has 1 aliphatic heterocycles. The molecule has 0 bridgehead atoms. The van der Waals surface area contributed by atoms with Gasteiger partial charge in [0.1, 0.15) is 11.6 Å². The third-order valence-corrected chi connectivity index (χ3v) is 7.54. The number of rotatable bonds is 6. The first-order valence-electron chi connectivity index (χ1n) is 11.5. The monoisotopic (exact) mass is 523 g/mol. The SMILES string of the molecule is COc1ccc(-n2c(SCc3c(F)cccc3Cl)nc3cc(C(=O)N4CCCC4)ccc3c2=O)cc1. The number of thioether (sulfide) groups is 1. The molecule has 1 aromatic heterocycles. The lowest BCUT2D eigenvalue weighted by Gasteiger charge is -2.17. The fourth-order valence-corrected chi connectivity index (χ4v) is 5.62. The van der Waals surface area contributed by atoms with Crippen molar-refractivity contribution < 1.29 is 13.9 Å². The summed E-state index contributed by atoms with van der Waals surface area (Å²) in [6, 6.07) is 16.6. The average molecular weight is 524 g/mol. The Morgan fingerprint density at radius 3 is 2.56 bits per heavy atom. The van der Waals surface area contributed by atoms with Crippen LogP contribution in [0.1, 0.15) is 28.8 Å². The second-order valence-corrected chi connectivity index (χ2v) is 9.80. The summed E-state index contributed by atoms with van der Waals surface area (Å²) >= 11 is 7.43. The van der Waals surface area contributed by atoms with Crippen molar-refractivity contribution in [2.24, 2.45) is 0 Å². The molecule has 0 unspecified atom stereocenters. The summed E-state index contributed by atoms with van der Waals surface area (Å²) in [6.45, 7) is 1.46. The largest absolute Gasteiger partial charge is 0.497 e. The highest BCUT2D eigenvalue weighted by atomic mass is 35.5. The van der Waals surface area contributed by atoms with Crippen molar-refractivity contribution in [1.29, 1.82) is 0 Å². The molecule has 0 spiro atoms. The van der Waals surface area contributed by atoms with Crippen LogP contribution in [0.5, 0.6) is 5.75 Å². The van der Waals surface area contributed by atoms with E-state index in [1.165, 1.54) is 22.4 Å². The molecule has 0 aliphatic carbocycles. The maximum atomic E-state index is 14.4. The molecule has 3 aromatic carbocycles. The number of benzene rings is 3. The standard InChI is InChI=1S/C27H23ClFN3O3S/c1-35-19-10-8-18(9-11-19)32-26(34)20-12-7-17(25(33)31-13-2-3-14-31)15-24(20)30-27(32)36-16-21-22(28)5-4-6-23(21)29/h4-12,15H,2-3,13-14,16H2,1H3. The van der Waals surface area contributed by atoms with Gasteiger partial charge >= 0.3 is 0 Å². The minimum atomic E-state index is -0.423. The minimum Gasteiger partial charge on any atom is -0.497 e. The summed E-state index contributed by atoms with van der Waals surface area (Å²) in [5, 5.41) is 1.06. The number of ether oxygens (including phenoxy) is 1. The van der Waals surface area contributed by atoms with Crippen LogP contribution in [0.4, 0.5) is 4.39 Å². The first-order chi connectivity index (χ1) is 17.5. The zero-order valence-electron chi connectivity index (χ0n) is 19.5. The van der Waals surface area contributed by atoms with Crippen LogP contribution in [0.25, 0.3) is 16.6 Å². The van der Waals surface area contributed by atoms with E-state index in [9.17, 15) is 14.0 Å². The summed E-state index contributed by atoms with van der Waals surface area (Å²) < 4.78 is 21.2. The second-order valence-electron chi connectivity index (χ2n) is 8.45. The third kappa shape index (κ3) is 4.70. The summed E-state index contributed by atoms with van der Waals surface area (Å²) in [5.41, 5.74) is 1.54. The zero-order chi connectivity index (χ0) is 25.2. The Morgan fingerprint density at radius 1 is 1.11 bits per heavy atom. The predicted molar refractivity (Wildman–Crippen MR) is 140 cm³/mol. The topological polar surface area (TPSA) is 64.4 Å². The maximum absolute atomic E-state index is 14.4. The van der Waals surface area contributed by atoms with E-state index in [0.29, 0.717) is 43.6 Å². The van der Waals surface area contributed by atoms with Crippen molar-refractivity contribution in [3.8, 4) is 11.4 Å². The highest BCUT2D eigenvalue weighted by molar-refractivity contribution is 7.98. The molecular formula is C27H23ClFN3O3S. The van der Waals surface area contributed by atoms with Gasteiger partial charge in [-0.25, -0.2) is 9.37 Å². The van der Waals surface area contributed by atoms with Gasteiger partial charge in [-0.3, -0.25) is 14.2 Å². The predicted octanol–water partition coefficient (Wildman–Crippen LogP) is 5.72. The number of carbonyl (C=O) groups is 1. The van der Waals surface area contributed by atoms with Crippen LogP contribution < -0.4 is 10.3 Å². The normalized spacial score (nSPS) is 13.4. The van der Waals surface area contributed by atoms with E-state index in [4.69, 9.17) is 21.3 Å². The van der Waals surface area contributed by atoms with E-state index >= 15 is 0 Å². The number of methoxy groups -OCH3 is 1. The van der Waals surface area contributed by atoms with Crippen molar-refractivity contribution in [2.75, 3.05) is 20.2 Å². The van der Waals surface area contributed by atoms with Gasteiger partial charge in [0.05, 0.1) is 23.7 Å². The fraction of sp³-hybridized carbons (Fsp3) is 0.222. The summed E-state index contributed by atoms with van der Waals surface area (Å²) in [5.74, 6) is 0.333. The number of nitrogens with zero attached hydrogens (tertiary/aromatic N) is 3. The van der Waals surface area contributed by atoms with Gasteiger partial charge in [0.15, 0.2) is 5.16 Å². The quantitative estimate of drug-likeness (QED) is 0.239. The maximum Gasteiger partial charge on any atom is 0.266 e. The van der Waals surface area contributed by atoms with E-state index in [-0.39, 0.29) is 17.2 Å². The molecule has 1 aliphatic rings. The molecule has 36 heavy (non-hydrogen) atoms. The molecule has 0 N–H and O–H groups in total. The van der Waals surface area contributed by atoms with Gasteiger partial charge < -0.3 is 9.64 Å². The Balaban J connectivity index is 1.61. The van der Waals surface area contributed by atoms with Gasteiger partial charge in [-0.15, -0.1) is 0 Å². The Kier molecular flexibility index (Phi) is 6.98. The Morgan fingerprint density at radius 2 is 1.86 bits per heavy atom. The molecule has 184 valence electrons. The van der Waals surface area contributed by atoms with Gasteiger partial charge in [0.25, 0.3) is 11.5 Å². The number of aromatic nitrogens is 2. The molecular weight excluding hydrogens is 501 g/mol. The number of likely N-dealkylation sites (tertiary alicyclic amines) is 1. The van der Waals surface area contributed by atoms with Crippen molar-refractivity contribution in [3.63, 3.8) is 0 Å². The van der Waals surface area contributed by atoms with E-state index in [1.807, 2.05) is 4.90 Å². The summed E-state index contributed by atoms with van der Waals surface area (Å²) in [7, 11) is 1.57. The first-order valence-corrected chi connectivity index (χ1v) is 12.9. The van der Waals surface area contributed by atoms with Crippen molar-refractivity contribution in [2.45, 2.75) is 23.8 Å². The molecule has 1 amide bonds. The van der Waals surface area contributed by atoms with Crippen molar-refractivity contribution in [1.82, 2.24) is 14.5 Å². The number of halogens is 2. The Bertz CT molecular complexity index is 1480. The highest BCUT2D eigenvalue weighted by Gasteiger charge is 2.21. The molecule has 6 nitrogen and oxygen atoms in total. The fourth-order valence-electron chi connectivity index (χ4n) is 4.26. The van der Waals surface area contributed by atoms with Gasteiger partial charge in [-0.05, 0) is 67.4 Å². The Labute approximate surface area is 216 Å². The summed E-state index contributed by atoms with van der Waals surface area (Å²) in [6.07, 6.45) is 1.98. The van der Waals surface area contributed by atoms with Crippen LogP contribution in [0.15, 0.2) is 70.6 Å². The molecule has 0 saturated carbocycles. The molecule has 0 radical (unpaired) electrons. The first kappa shape index (κ1) is 24.3. The van der Waals surface area contributed by atoms with Gasteiger partial charge in [-0.2, -0.15) is 0 Å². The van der Waals surface area contributed by atoms with Crippen LogP contribution in [0.2, 0.25) is 5.02 Å². The number of hydrogen-bond donors (Lipinski definition) is 0. The molecule has 1 saturated heterocycles. The lowest BCUT2D eigenvalue weighted by molar-refractivity contribution is 0.0793. The van der Waals surface area contributed by atoms with Crippen LogP contribution in [-0.2, 0) is 5.75 Å². The van der Waals surface area contributed by atoms with E-state index in [0.717, 1.165) is 25.9 Å². The lowest BCUT2D eigenvalue weighted by Crippen LogP contribution is -2.28. The Hall–Kier alpha value is -3.36. The number of amides is 1. The summed E-state index contributed by atoms with van der Waals surface area (Å²) in [4.78, 5) is 33.2. The lowest BCUT2D eigenvalue weighted by atomic mass is 10.1. The van der Waals surface area contributed by atoms with Crippen LogP contribution in [-0.4, -0.2) is 40.6 Å². The van der Waals surface area contributed by atoms with Crippen molar-refractivity contribution in [3.05, 3.63) is 93.0 Å². The molecule has 2 heterocycles. The number of hydrogen-bond acceptors (Lipinski definition) is 5. The average Bonchev–Trinajstić information content (AvgIpc) is 3.43. The second kappa shape index (κ2) is 10.3. The number of fused-ring (bicyclic) bond motifs is 1. The molecule has 0 atom stereocenters. The third-order valence-electron chi connectivity index (χ3n) is 6.22. The molecule has 9 heteroatoms. The van der Waals surface area contributed by atoms with E-state index in [1.54, 1.807) is 61.7 Å². The van der Waals surface area contributed by atoms with Gasteiger partial charge in [0, 0.05) is 35.0 Å². The van der Waals surface area contributed by atoms with Gasteiger partial charge in [-0.1, -0.05) is 29.4 Å². The van der Waals surface area contributed by atoms with Crippen LogP contribution in [0, 0.1) is 5.82 Å². The van der Waals surface area contributed by atoms with E-state index in [2.05, 4.69) is 0 Å². The van der Waals surface area contributed by atoms with Crippen LogP contribution >= 0.6 is 23.4 Å². The van der Waals surface area contributed by atoms with Gasteiger partial charge in [0.2, 0.25) is 0 Å². The molecule has 5 rings (SSSR count). The number of carbonyl (C=O) groups excluding carboxylic acids is 1. The zero-order valence-corrected chi connectivity index (χ0v) is 21.1. The minimum absolute atomic E-state index is 0.0668. The van der Waals surface area contributed by atoms with Crippen molar-refractivity contribution >= 4 is 40.2 Å². The molecule has 1 fully saturated rings. The van der Waals surface area contributed by atoms with Crippen LogP contribution in [0.3, 0.4) is 0 Å². The smallest absolute Gasteiger partial charge is 0.266 e. The van der Waals surface area contributed by atoms with E-state index < -0.39 is 5.82 Å². The highest BCUT2D eigenvalue weighted by Crippen LogP contribution is 2.30.